The van der Waals surface area contributed by atoms with Crippen LogP contribution in [0.2, 0.25) is 5.28 Å². The average molecular weight is 171 g/mol. The Bertz CT molecular complexity index is 284. The fourth-order valence-corrected chi connectivity index (χ4v) is 0.747. The molecule has 0 aromatic carbocycles. The van der Waals surface area contributed by atoms with E-state index in [-0.39, 0.29) is 5.28 Å². The van der Waals surface area contributed by atoms with Gasteiger partial charge >= 0.3 is 0 Å². The number of nitrogens with zero attached hydrogens (tertiary/aromatic N) is 3. The Morgan fingerprint density at radius 1 is 1.73 bits per heavy atom. The first-order chi connectivity index (χ1) is 5.24. The van der Waals surface area contributed by atoms with Gasteiger partial charge in [0.2, 0.25) is 5.28 Å². The summed E-state index contributed by atoms with van der Waals surface area (Å²) < 4.78 is 0. The molecule has 0 aliphatic carbocycles. The van der Waals surface area contributed by atoms with E-state index in [0.717, 1.165) is 0 Å². The zero-order chi connectivity index (χ0) is 8.27. The van der Waals surface area contributed by atoms with Gasteiger partial charge in [0.05, 0.1) is 11.9 Å². The Balaban J connectivity index is 3.12. The molecule has 0 amide bonds. The molecular weight excluding hydrogens is 164 g/mol. The lowest BCUT2D eigenvalue weighted by Gasteiger charge is -1.96. The van der Waals surface area contributed by atoms with Crippen LogP contribution in [0.25, 0.3) is 0 Å². The standard InChI is InChI=1S/C6H7ClN4/c1-9-3-5-4(8)2-10-6(7)11-5/h2-3H,8H2,1H3. The van der Waals surface area contributed by atoms with Crippen LogP contribution in [0.15, 0.2) is 11.2 Å². The SMILES string of the molecule is CN=Cc1nc(Cl)ncc1N. The van der Waals surface area contributed by atoms with Crippen molar-refractivity contribution in [1.82, 2.24) is 9.97 Å². The molecular formula is C6H7ClN4. The van der Waals surface area contributed by atoms with Crippen molar-refractivity contribution in [3.8, 4) is 0 Å². The number of aliphatic imine (C=N–C) groups is 1. The molecule has 0 spiro atoms. The monoisotopic (exact) mass is 170 g/mol. The second-order valence-electron chi connectivity index (χ2n) is 1.87. The van der Waals surface area contributed by atoms with Crippen molar-refractivity contribution < 1.29 is 0 Å². The molecule has 4 nitrogen and oxygen atoms in total. The van der Waals surface area contributed by atoms with Gasteiger partial charge in [-0.3, -0.25) is 4.99 Å². The van der Waals surface area contributed by atoms with Crippen molar-refractivity contribution >= 4 is 23.5 Å². The highest BCUT2D eigenvalue weighted by Crippen LogP contribution is 2.07. The summed E-state index contributed by atoms with van der Waals surface area (Å²) in [6.07, 6.45) is 2.98. The number of halogens is 1. The molecule has 0 aliphatic heterocycles. The first kappa shape index (κ1) is 7.94. The summed E-state index contributed by atoms with van der Waals surface area (Å²) in [5.74, 6) is 0. The summed E-state index contributed by atoms with van der Waals surface area (Å²) in [5.41, 5.74) is 6.52. The van der Waals surface area contributed by atoms with E-state index in [4.69, 9.17) is 17.3 Å². The largest absolute Gasteiger partial charge is 0.396 e. The summed E-state index contributed by atoms with van der Waals surface area (Å²) in [4.78, 5) is 11.3. The minimum absolute atomic E-state index is 0.175. The molecule has 0 fully saturated rings. The smallest absolute Gasteiger partial charge is 0.223 e. The number of anilines is 1. The molecule has 0 saturated heterocycles. The molecule has 11 heavy (non-hydrogen) atoms. The summed E-state index contributed by atoms with van der Waals surface area (Å²) in [6.45, 7) is 0. The molecule has 0 radical (unpaired) electrons. The van der Waals surface area contributed by atoms with Crippen LogP contribution < -0.4 is 5.73 Å². The normalized spacial score (nSPS) is 10.7. The van der Waals surface area contributed by atoms with Gasteiger partial charge < -0.3 is 5.73 Å². The lowest BCUT2D eigenvalue weighted by molar-refractivity contribution is 1.16. The van der Waals surface area contributed by atoms with Gasteiger partial charge in [-0.2, -0.15) is 0 Å². The van der Waals surface area contributed by atoms with Gasteiger partial charge in [-0.05, 0) is 11.6 Å². The van der Waals surface area contributed by atoms with E-state index in [1.807, 2.05) is 0 Å². The van der Waals surface area contributed by atoms with E-state index in [0.29, 0.717) is 11.4 Å². The highest BCUT2D eigenvalue weighted by Gasteiger charge is 1.98. The van der Waals surface area contributed by atoms with Crippen molar-refractivity contribution in [3.05, 3.63) is 17.2 Å². The van der Waals surface area contributed by atoms with Gasteiger partial charge in [-0.1, -0.05) is 0 Å². The molecule has 1 heterocycles. The first-order valence-electron chi connectivity index (χ1n) is 2.94. The third-order valence-corrected chi connectivity index (χ3v) is 1.25. The van der Waals surface area contributed by atoms with Crippen molar-refractivity contribution in [2.24, 2.45) is 4.99 Å². The lowest BCUT2D eigenvalue weighted by Crippen LogP contribution is -1.98. The van der Waals surface area contributed by atoms with Gasteiger partial charge in [0.15, 0.2) is 0 Å². The molecule has 1 aromatic heterocycles. The maximum absolute atomic E-state index is 5.51. The van der Waals surface area contributed by atoms with Crippen molar-refractivity contribution in [2.45, 2.75) is 0 Å². The zero-order valence-electron chi connectivity index (χ0n) is 5.95. The minimum atomic E-state index is 0.175. The Morgan fingerprint density at radius 3 is 3.09 bits per heavy atom. The van der Waals surface area contributed by atoms with Crippen LogP contribution in [-0.4, -0.2) is 23.2 Å². The van der Waals surface area contributed by atoms with Gasteiger partial charge in [0.1, 0.15) is 5.69 Å². The van der Waals surface area contributed by atoms with Crippen LogP contribution in [0.3, 0.4) is 0 Å². The summed E-state index contributed by atoms with van der Waals surface area (Å²) >= 11 is 5.51. The maximum atomic E-state index is 5.51. The first-order valence-corrected chi connectivity index (χ1v) is 3.32. The Labute approximate surface area is 69.1 Å². The second kappa shape index (κ2) is 3.30. The summed E-state index contributed by atoms with van der Waals surface area (Å²) in [6, 6.07) is 0. The van der Waals surface area contributed by atoms with Crippen LogP contribution >= 0.6 is 11.6 Å². The minimum Gasteiger partial charge on any atom is -0.396 e. The van der Waals surface area contributed by atoms with Crippen LogP contribution in [0, 0.1) is 0 Å². The molecule has 2 N–H and O–H groups in total. The van der Waals surface area contributed by atoms with E-state index in [1.54, 1.807) is 7.05 Å². The van der Waals surface area contributed by atoms with E-state index in [2.05, 4.69) is 15.0 Å². The van der Waals surface area contributed by atoms with Crippen molar-refractivity contribution in [3.63, 3.8) is 0 Å². The number of aromatic nitrogens is 2. The summed E-state index contributed by atoms with van der Waals surface area (Å²) in [7, 11) is 1.63. The molecule has 0 bridgehead atoms. The van der Waals surface area contributed by atoms with Gasteiger partial charge in [0.25, 0.3) is 0 Å². The number of hydrogen-bond acceptors (Lipinski definition) is 4. The average Bonchev–Trinajstić information content (AvgIpc) is 1.98. The van der Waals surface area contributed by atoms with Gasteiger partial charge in [-0.25, -0.2) is 9.97 Å². The van der Waals surface area contributed by atoms with Gasteiger partial charge in [-0.15, -0.1) is 0 Å². The quantitative estimate of drug-likeness (QED) is 0.500. The number of hydrogen-bond donors (Lipinski definition) is 1. The number of rotatable bonds is 1. The Kier molecular flexibility index (Phi) is 2.38. The molecule has 0 atom stereocenters. The predicted octanol–water partition coefficient (Wildman–Crippen LogP) is 0.761. The van der Waals surface area contributed by atoms with Crippen LogP contribution in [0.1, 0.15) is 5.69 Å². The van der Waals surface area contributed by atoms with Crippen molar-refractivity contribution in [2.75, 3.05) is 12.8 Å². The highest BCUT2D eigenvalue weighted by molar-refractivity contribution is 6.28. The molecule has 0 saturated carbocycles. The Morgan fingerprint density at radius 2 is 2.45 bits per heavy atom. The van der Waals surface area contributed by atoms with Crippen LogP contribution in [-0.2, 0) is 0 Å². The molecule has 0 aliphatic rings. The molecule has 1 rings (SSSR count). The van der Waals surface area contributed by atoms with E-state index >= 15 is 0 Å². The van der Waals surface area contributed by atoms with E-state index in [9.17, 15) is 0 Å². The number of nitrogen functional groups attached to an aromatic ring is 1. The topological polar surface area (TPSA) is 64.2 Å². The van der Waals surface area contributed by atoms with E-state index < -0.39 is 0 Å². The molecule has 5 heteroatoms. The summed E-state index contributed by atoms with van der Waals surface area (Å²) in [5, 5.41) is 0.175. The third-order valence-electron chi connectivity index (χ3n) is 1.07. The predicted molar refractivity (Wildman–Crippen MR) is 45.0 cm³/mol. The number of nitrogens with two attached hydrogens (primary N) is 1. The van der Waals surface area contributed by atoms with Crippen molar-refractivity contribution in [1.29, 1.82) is 0 Å². The zero-order valence-corrected chi connectivity index (χ0v) is 6.71. The molecule has 1 aromatic rings. The van der Waals surface area contributed by atoms with Crippen LogP contribution in [0.5, 0.6) is 0 Å². The molecule has 58 valence electrons. The van der Waals surface area contributed by atoms with Crippen LogP contribution in [0.4, 0.5) is 5.69 Å². The fourth-order valence-electron chi connectivity index (χ4n) is 0.607. The van der Waals surface area contributed by atoms with E-state index in [1.165, 1.54) is 12.4 Å². The molecule has 0 unspecified atom stereocenters. The Hall–Kier alpha value is -1.16. The van der Waals surface area contributed by atoms with Gasteiger partial charge in [0, 0.05) is 13.3 Å². The highest BCUT2D eigenvalue weighted by atomic mass is 35.5. The second-order valence-corrected chi connectivity index (χ2v) is 2.20. The third kappa shape index (κ3) is 1.88. The lowest BCUT2D eigenvalue weighted by atomic mass is 10.4. The maximum Gasteiger partial charge on any atom is 0.223 e. The fraction of sp³-hybridized carbons (Fsp3) is 0.167.